The van der Waals surface area contributed by atoms with E-state index in [1.165, 1.54) is 24.3 Å². The van der Waals surface area contributed by atoms with Gasteiger partial charge < -0.3 is 10.5 Å². The molecule has 0 amide bonds. The van der Waals surface area contributed by atoms with Gasteiger partial charge in [0.2, 0.25) is 0 Å². The van der Waals surface area contributed by atoms with E-state index < -0.39 is 12.3 Å². The minimum atomic E-state index is -4.37. The van der Waals surface area contributed by atoms with Crippen LogP contribution in [0.3, 0.4) is 0 Å². The van der Waals surface area contributed by atoms with Crippen LogP contribution in [0.1, 0.15) is 12.5 Å². The summed E-state index contributed by atoms with van der Waals surface area (Å²) in [6.07, 6.45) is -6.22. The lowest BCUT2D eigenvalue weighted by atomic mass is 10.2. The van der Waals surface area contributed by atoms with Gasteiger partial charge in [0.1, 0.15) is 10.7 Å². The summed E-state index contributed by atoms with van der Waals surface area (Å²) < 4.78 is 41.2. The number of thiocarbonyl (C=S) groups is 1. The molecule has 1 rings (SSSR count). The topological polar surface area (TPSA) is 35.2 Å². The zero-order valence-electron chi connectivity index (χ0n) is 8.41. The van der Waals surface area contributed by atoms with Gasteiger partial charge in [0.05, 0.1) is 0 Å². The second-order valence-corrected chi connectivity index (χ2v) is 3.63. The van der Waals surface area contributed by atoms with E-state index in [1.54, 1.807) is 0 Å². The largest absolute Gasteiger partial charge is 0.481 e. The highest BCUT2D eigenvalue weighted by molar-refractivity contribution is 7.80. The molecule has 1 unspecified atom stereocenters. The van der Waals surface area contributed by atoms with Crippen molar-refractivity contribution in [3.05, 3.63) is 29.8 Å². The molecule has 0 bridgehead atoms. The maximum atomic E-state index is 12.2. The predicted octanol–water partition coefficient (Wildman–Crippen LogP) is 2.65. The van der Waals surface area contributed by atoms with Gasteiger partial charge in [0.25, 0.3) is 0 Å². The van der Waals surface area contributed by atoms with Crippen molar-refractivity contribution >= 4 is 17.2 Å². The normalized spacial score (nSPS) is 13.2. The zero-order valence-corrected chi connectivity index (χ0v) is 9.23. The molecule has 0 radical (unpaired) electrons. The lowest BCUT2D eigenvalue weighted by Crippen LogP contribution is -2.31. The fourth-order valence-electron chi connectivity index (χ4n) is 0.969. The Kier molecular flexibility index (Phi) is 3.74. The van der Waals surface area contributed by atoms with Crippen molar-refractivity contribution in [1.82, 2.24) is 0 Å². The maximum absolute atomic E-state index is 12.2. The molecule has 16 heavy (non-hydrogen) atoms. The van der Waals surface area contributed by atoms with Crippen molar-refractivity contribution in [3.8, 4) is 5.75 Å². The molecule has 1 atom stereocenters. The molecular formula is C10H10F3NOS. The first-order valence-electron chi connectivity index (χ1n) is 4.44. The average molecular weight is 249 g/mol. The number of alkyl halides is 3. The molecular weight excluding hydrogens is 239 g/mol. The van der Waals surface area contributed by atoms with Gasteiger partial charge in [-0.15, -0.1) is 0 Å². The Morgan fingerprint density at radius 1 is 1.31 bits per heavy atom. The van der Waals surface area contributed by atoms with E-state index in [0.717, 1.165) is 6.92 Å². The van der Waals surface area contributed by atoms with Gasteiger partial charge in [-0.1, -0.05) is 12.2 Å². The second-order valence-electron chi connectivity index (χ2n) is 3.19. The van der Waals surface area contributed by atoms with Crippen LogP contribution < -0.4 is 10.5 Å². The molecule has 0 heterocycles. The summed E-state index contributed by atoms with van der Waals surface area (Å²) in [6.45, 7) is 0.946. The summed E-state index contributed by atoms with van der Waals surface area (Å²) in [5.74, 6) is 0.129. The van der Waals surface area contributed by atoms with E-state index in [2.05, 4.69) is 0 Å². The number of rotatable bonds is 3. The fraction of sp³-hybridized carbons (Fsp3) is 0.300. The molecule has 2 N–H and O–H groups in total. The van der Waals surface area contributed by atoms with Gasteiger partial charge >= 0.3 is 6.18 Å². The van der Waals surface area contributed by atoms with Crippen molar-refractivity contribution < 1.29 is 17.9 Å². The Bertz CT molecular complexity index is 375. The number of ether oxygens (including phenoxy) is 1. The highest BCUT2D eigenvalue weighted by atomic mass is 32.1. The van der Waals surface area contributed by atoms with Crippen molar-refractivity contribution in [1.29, 1.82) is 0 Å². The standard InChI is InChI=1S/C10H10F3NOS/c1-6(10(11,12)13)15-8-4-2-7(3-5-8)9(14)16/h2-6H,1H3,(H2,14,16). The van der Waals surface area contributed by atoms with Gasteiger partial charge in [-0.05, 0) is 31.2 Å². The molecule has 88 valence electrons. The smallest absolute Gasteiger partial charge is 0.425 e. The first-order chi connectivity index (χ1) is 7.30. The quantitative estimate of drug-likeness (QED) is 0.836. The van der Waals surface area contributed by atoms with Crippen LogP contribution in [0.15, 0.2) is 24.3 Å². The summed E-state index contributed by atoms with van der Waals surface area (Å²) in [5.41, 5.74) is 5.93. The number of nitrogens with two attached hydrogens (primary N) is 1. The van der Waals surface area contributed by atoms with Crippen LogP contribution in [-0.2, 0) is 0 Å². The van der Waals surface area contributed by atoms with E-state index >= 15 is 0 Å². The first kappa shape index (κ1) is 12.8. The molecule has 0 saturated heterocycles. The fourth-order valence-corrected chi connectivity index (χ4v) is 1.10. The van der Waals surface area contributed by atoms with Gasteiger partial charge in [0.15, 0.2) is 6.10 Å². The van der Waals surface area contributed by atoms with Crippen LogP contribution >= 0.6 is 12.2 Å². The summed E-state index contributed by atoms with van der Waals surface area (Å²) in [4.78, 5) is 0.190. The third-order valence-electron chi connectivity index (χ3n) is 1.91. The van der Waals surface area contributed by atoms with E-state index in [9.17, 15) is 13.2 Å². The molecule has 0 aliphatic carbocycles. The second kappa shape index (κ2) is 4.69. The van der Waals surface area contributed by atoms with Crippen LogP contribution in [0.4, 0.5) is 13.2 Å². The molecule has 2 nitrogen and oxygen atoms in total. The minimum absolute atomic E-state index is 0.129. The molecule has 0 aliphatic rings. The van der Waals surface area contributed by atoms with Crippen molar-refractivity contribution in [2.75, 3.05) is 0 Å². The van der Waals surface area contributed by atoms with Crippen LogP contribution in [0, 0.1) is 0 Å². The number of halogens is 3. The molecule has 0 saturated carbocycles. The molecule has 1 aromatic carbocycles. The van der Waals surface area contributed by atoms with Gasteiger partial charge in [-0.3, -0.25) is 0 Å². The lowest BCUT2D eigenvalue weighted by molar-refractivity contribution is -0.189. The maximum Gasteiger partial charge on any atom is 0.425 e. The summed E-state index contributed by atoms with van der Waals surface area (Å²) >= 11 is 4.71. The molecule has 6 heteroatoms. The molecule has 0 fully saturated rings. The Morgan fingerprint density at radius 3 is 2.19 bits per heavy atom. The SMILES string of the molecule is CC(Oc1ccc(C(N)=S)cc1)C(F)(F)F. The third-order valence-corrected chi connectivity index (χ3v) is 2.15. The lowest BCUT2D eigenvalue weighted by Gasteiger charge is -2.17. The minimum Gasteiger partial charge on any atom is -0.481 e. The first-order valence-corrected chi connectivity index (χ1v) is 4.85. The Hall–Kier alpha value is -1.30. The molecule has 0 aliphatic heterocycles. The van der Waals surface area contributed by atoms with Crippen molar-refractivity contribution in [3.63, 3.8) is 0 Å². The van der Waals surface area contributed by atoms with E-state index in [0.29, 0.717) is 5.56 Å². The van der Waals surface area contributed by atoms with Crippen molar-refractivity contribution in [2.24, 2.45) is 5.73 Å². The number of hydrogen-bond acceptors (Lipinski definition) is 2. The number of hydrogen-bond donors (Lipinski definition) is 1. The van der Waals surface area contributed by atoms with E-state index in [4.69, 9.17) is 22.7 Å². The molecule has 0 aromatic heterocycles. The third kappa shape index (κ3) is 3.37. The summed E-state index contributed by atoms with van der Waals surface area (Å²) in [6, 6.07) is 5.83. The van der Waals surface area contributed by atoms with Gasteiger partial charge in [-0.2, -0.15) is 13.2 Å². The highest BCUT2D eigenvalue weighted by Gasteiger charge is 2.37. The van der Waals surface area contributed by atoms with Crippen molar-refractivity contribution in [2.45, 2.75) is 19.2 Å². The van der Waals surface area contributed by atoms with Crippen LogP contribution in [0.2, 0.25) is 0 Å². The van der Waals surface area contributed by atoms with E-state index in [1.807, 2.05) is 0 Å². The zero-order chi connectivity index (χ0) is 12.3. The Balaban J connectivity index is 2.73. The molecule has 0 spiro atoms. The number of benzene rings is 1. The Labute approximate surface area is 96.2 Å². The van der Waals surface area contributed by atoms with E-state index in [-0.39, 0.29) is 10.7 Å². The Morgan fingerprint density at radius 2 is 1.81 bits per heavy atom. The monoisotopic (exact) mass is 249 g/mol. The van der Waals surface area contributed by atoms with Crippen LogP contribution in [-0.4, -0.2) is 17.3 Å². The average Bonchev–Trinajstić information content (AvgIpc) is 2.17. The van der Waals surface area contributed by atoms with Crippen LogP contribution in [0.5, 0.6) is 5.75 Å². The predicted molar refractivity (Wildman–Crippen MR) is 58.5 cm³/mol. The van der Waals surface area contributed by atoms with Gasteiger partial charge in [-0.25, -0.2) is 0 Å². The molecule has 1 aromatic rings. The van der Waals surface area contributed by atoms with Crippen LogP contribution in [0.25, 0.3) is 0 Å². The summed E-state index contributed by atoms with van der Waals surface area (Å²) in [7, 11) is 0. The van der Waals surface area contributed by atoms with Gasteiger partial charge in [0, 0.05) is 5.56 Å². The highest BCUT2D eigenvalue weighted by Crippen LogP contribution is 2.24. The summed E-state index contributed by atoms with van der Waals surface area (Å²) in [5, 5.41) is 0.